The van der Waals surface area contributed by atoms with Crippen molar-refractivity contribution in [1.29, 1.82) is 0 Å². The van der Waals surface area contributed by atoms with Gasteiger partial charge in [-0.3, -0.25) is 4.79 Å². The smallest absolute Gasteiger partial charge is 0.243 e. The minimum absolute atomic E-state index is 0.167. The standard InChI is InChI=1S/C20H27N3O3S2/c1-12-13(2)15(4)18(16(5)14(12)3)28(25,26)23-9-6-7-17(11-23)19(24)22-20-21-8-10-27-20/h8,10,17H,6-7,9,11H2,1-5H3,(H,21,22,24). The maximum Gasteiger partial charge on any atom is 0.243 e. The summed E-state index contributed by atoms with van der Waals surface area (Å²) in [4.78, 5) is 17.1. The van der Waals surface area contributed by atoms with Crippen molar-refractivity contribution in [3.63, 3.8) is 0 Å². The molecule has 1 amide bonds. The number of carbonyl (C=O) groups excluding carboxylic acids is 1. The molecule has 1 N–H and O–H groups in total. The number of anilines is 1. The number of piperidine rings is 1. The summed E-state index contributed by atoms with van der Waals surface area (Å²) in [7, 11) is -3.67. The predicted octanol–water partition coefficient (Wildman–Crippen LogP) is 3.72. The molecule has 1 aliphatic heterocycles. The Labute approximate surface area is 171 Å². The molecule has 6 nitrogen and oxygen atoms in total. The second kappa shape index (κ2) is 7.93. The topological polar surface area (TPSA) is 79.4 Å². The van der Waals surface area contributed by atoms with E-state index < -0.39 is 10.0 Å². The number of benzene rings is 1. The van der Waals surface area contributed by atoms with Gasteiger partial charge in [-0.2, -0.15) is 4.31 Å². The second-order valence-corrected chi connectivity index (χ2v) is 10.3. The van der Waals surface area contributed by atoms with Crippen molar-refractivity contribution in [2.45, 2.75) is 52.4 Å². The van der Waals surface area contributed by atoms with Crippen molar-refractivity contribution in [2.24, 2.45) is 5.92 Å². The number of sulfonamides is 1. The van der Waals surface area contributed by atoms with E-state index in [0.29, 0.717) is 29.4 Å². The third kappa shape index (κ3) is 3.73. The minimum atomic E-state index is -3.67. The van der Waals surface area contributed by atoms with Crippen LogP contribution in [0.4, 0.5) is 5.13 Å². The lowest BCUT2D eigenvalue weighted by Crippen LogP contribution is -2.44. The van der Waals surface area contributed by atoms with Crippen molar-refractivity contribution < 1.29 is 13.2 Å². The van der Waals surface area contributed by atoms with Crippen LogP contribution in [0.2, 0.25) is 0 Å². The Kier molecular flexibility index (Phi) is 5.93. The van der Waals surface area contributed by atoms with Crippen molar-refractivity contribution in [3.05, 3.63) is 39.4 Å². The molecule has 0 saturated carbocycles. The van der Waals surface area contributed by atoms with Crippen LogP contribution < -0.4 is 5.32 Å². The molecule has 2 heterocycles. The van der Waals surface area contributed by atoms with E-state index in [4.69, 9.17) is 0 Å². The first-order valence-electron chi connectivity index (χ1n) is 9.42. The quantitative estimate of drug-likeness (QED) is 0.816. The number of thiazole rings is 1. The van der Waals surface area contributed by atoms with Gasteiger partial charge in [-0.1, -0.05) is 0 Å². The Morgan fingerprint density at radius 2 is 1.71 bits per heavy atom. The monoisotopic (exact) mass is 421 g/mol. The van der Waals surface area contributed by atoms with Crippen molar-refractivity contribution in [2.75, 3.05) is 18.4 Å². The van der Waals surface area contributed by atoms with Gasteiger partial charge in [-0.15, -0.1) is 11.3 Å². The molecule has 2 aromatic rings. The van der Waals surface area contributed by atoms with E-state index in [0.717, 1.165) is 27.8 Å². The molecular formula is C20H27N3O3S2. The van der Waals surface area contributed by atoms with Crippen molar-refractivity contribution in [1.82, 2.24) is 9.29 Å². The molecule has 0 radical (unpaired) electrons. The highest BCUT2D eigenvalue weighted by molar-refractivity contribution is 7.89. The van der Waals surface area contributed by atoms with Crippen LogP contribution in [0.5, 0.6) is 0 Å². The summed E-state index contributed by atoms with van der Waals surface area (Å²) in [6.45, 7) is 10.4. The lowest BCUT2D eigenvalue weighted by molar-refractivity contribution is -0.120. The van der Waals surface area contributed by atoms with E-state index in [-0.39, 0.29) is 18.4 Å². The summed E-state index contributed by atoms with van der Waals surface area (Å²) in [5.74, 6) is -0.541. The summed E-state index contributed by atoms with van der Waals surface area (Å²) in [5.41, 5.74) is 4.76. The van der Waals surface area contributed by atoms with Gasteiger partial charge in [0.1, 0.15) is 0 Å². The van der Waals surface area contributed by atoms with E-state index in [2.05, 4.69) is 10.3 Å². The average Bonchev–Trinajstić information content (AvgIpc) is 3.18. The molecule has 1 fully saturated rings. The van der Waals surface area contributed by atoms with Gasteiger partial charge in [0.15, 0.2) is 5.13 Å². The Bertz CT molecular complexity index is 969. The number of amides is 1. The van der Waals surface area contributed by atoms with Crippen LogP contribution in [0.1, 0.15) is 40.7 Å². The number of nitrogens with one attached hydrogen (secondary N) is 1. The van der Waals surface area contributed by atoms with Gasteiger partial charge in [0, 0.05) is 24.7 Å². The summed E-state index contributed by atoms with van der Waals surface area (Å²) in [5, 5.41) is 5.13. The molecule has 3 rings (SSSR count). The highest BCUT2D eigenvalue weighted by atomic mass is 32.2. The third-order valence-electron chi connectivity index (χ3n) is 5.95. The van der Waals surface area contributed by atoms with Crippen LogP contribution in [0.15, 0.2) is 16.5 Å². The highest BCUT2D eigenvalue weighted by Gasteiger charge is 2.35. The molecule has 28 heavy (non-hydrogen) atoms. The Hall–Kier alpha value is -1.77. The number of rotatable bonds is 4. The van der Waals surface area contributed by atoms with Crippen LogP contribution >= 0.6 is 11.3 Å². The fourth-order valence-corrected chi connectivity index (χ4v) is 6.46. The summed E-state index contributed by atoms with van der Waals surface area (Å²) in [6, 6.07) is 0. The molecule has 1 saturated heterocycles. The number of nitrogens with zero attached hydrogens (tertiary/aromatic N) is 2. The maximum atomic E-state index is 13.5. The zero-order valence-corrected chi connectivity index (χ0v) is 18.6. The number of carbonyl (C=O) groups is 1. The summed E-state index contributed by atoms with van der Waals surface area (Å²) in [6.07, 6.45) is 2.97. The first kappa shape index (κ1) is 21.0. The summed E-state index contributed by atoms with van der Waals surface area (Å²) >= 11 is 1.35. The molecule has 8 heteroatoms. The molecule has 152 valence electrons. The van der Waals surface area contributed by atoms with Gasteiger partial charge in [-0.25, -0.2) is 13.4 Å². The van der Waals surface area contributed by atoms with Crippen LogP contribution in [0.3, 0.4) is 0 Å². The van der Waals surface area contributed by atoms with Crippen LogP contribution in [-0.4, -0.2) is 36.7 Å². The molecule has 1 atom stereocenters. The lowest BCUT2D eigenvalue weighted by Gasteiger charge is -2.32. The molecule has 1 aromatic heterocycles. The average molecular weight is 422 g/mol. The van der Waals surface area contributed by atoms with E-state index in [1.54, 1.807) is 11.6 Å². The summed E-state index contributed by atoms with van der Waals surface area (Å²) < 4.78 is 28.5. The molecular weight excluding hydrogens is 394 g/mol. The van der Waals surface area contributed by atoms with Crippen molar-refractivity contribution in [3.8, 4) is 0 Å². The molecule has 1 aliphatic rings. The second-order valence-electron chi connectivity index (χ2n) is 7.48. The molecule has 1 aromatic carbocycles. The van der Waals surface area contributed by atoms with E-state index in [1.807, 2.05) is 34.6 Å². The fraction of sp³-hybridized carbons (Fsp3) is 0.500. The SMILES string of the molecule is Cc1c(C)c(C)c(S(=O)(=O)N2CCCC(C(=O)Nc3nccs3)C2)c(C)c1C. The zero-order valence-electron chi connectivity index (χ0n) is 17.0. The Morgan fingerprint density at radius 1 is 1.11 bits per heavy atom. The van der Waals surface area contributed by atoms with E-state index in [9.17, 15) is 13.2 Å². The van der Waals surface area contributed by atoms with Crippen molar-refractivity contribution >= 4 is 32.4 Å². The first-order valence-corrected chi connectivity index (χ1v) is 11.7. The first-order chi connectivity index (χ1) is 13.1. The molecule has 1 unspecified atom stereocenters. The fourth-order valence-electron chi connectivity index (χ4n) is 3.85. The number of hydrogen-bond acceptors (Lipinski definition) is 5. The number of aromatic nitrogens is 1. The largest absolute Gasteiger partial charge is 0.302 e. The van der Waals surface area contributed by atoms with Gasteiger partial charge in [-0.05, 0) is 75.3 Å². The molecule has 0 aliphatic carbocycles. The normalized spacial score (nSPS) is 18.2. The lowest BCUT2D eigenvalue weighted by atomic mass is 9.95. The van der Waals surface area contributed by atoms with E-state index in [1.165, 1.54) is 15.6 Å². The molecule has 0 spiro atoms. The highest BCUT2D eigenvalue weighted by Crippen LogP contribution is 2.33. The van der Waals surface area contributed by atoms with Gasteiger partial charge >= 0.3 is 0 Å². The van der Waals surface area contributed by atoms with E-state index >= 15 is 0 Å². The Morgan fingerprint density at radius 3 is 2.29 bits per heavy atom. The number of hydrogen-bond donors (Lipinski definition) is 1. The van der Waals surface area contributed by atoms with Crippen LogP contribution in [0, 0.1) is 40.5 Å². The van der Waals surface area contributed by atoms with Gasteiger partial charge in [0.2, 0.25) is 15.9 Å². The van der Waals surface area contributed by atoms with Gasteiger partial charge < -0.3 is 5.32 Å². The maximum absolute atomic E-state index is 13.5. The van der Waals surface area contributed by atoms with Crippen LogP contribution in [-0.2, 0) is 14.8 Å². The Balaban J connectivity index is 1.89. The third-order valence-corrected chi connectivity index (χ3v) is 8.77. The van der Waals surface area contributed by atoms with Gasteiger partial charge in [0.25, 0.3) is 0 Å². The minimum Gasteiger partial charge on any atom is -0.302 e. The predicted molar refractivity (Wildman–Crippen MR) is 112 cm³/mol. The zero-order chi connectivity index (χ0) is 20.6. The van der Waals surface area contributed by atoms with Crippen LogP contribution in [0.25, 0.3) is 0 Å². The molecule has 0 bridgehead atoms. The van der Waals surface area contributed by atoms with Gasteiger partial charge in [0.05, 0.1) is 10.8 Å².